The van der Waals surface area contributed by atoms with Gasteiger partial charge < -0.3 is 31.7 Å². The first-order chi connectivity index (χ1) is 16.6. The van der Waals surface area contributed by atoms with E-state index in [1.54, 1.807) is 30.3 Å². The zero-order valence-corrected chi connectivity index (χ0v) is 20.0. The van der Waals surface area contributed by atoms with E-state index in [-0.39, 0.29) is 25.2 Å². The number of benzene rings is 2. The summed E-state index contributed by atoms with van der Waals surface area (Å²) in [6, 6.07) is 14.9. The molecule has 0 aromatic heterocycles. The number of aliphatic hydroxyl groups is 2. The molecule has 0 heterocycles. The van der Waals surface area contributed by atoms with Crippen molar-refractivity contribution < 1.29 is 29.7 Å². The lowest BCUT2D eigenvalue weighted by Crippen LogP contribution is -2.57. The summed E-state index contributed by atoms with van der Waals surface area (Å²) >= 11 is 0. The van der Waals surface area contributed by atoms with Crippen molar-refractivity contribution in [2.75, 3.05) is 0 Å². The Labute approximate surface area is 205 Å². The molecule has 0 saturated heterocycles. The highest BCUT2D eigenvalue weighted by atomic mass is 16.4. The normalized spacial score (nSPS) is 15.5. The van der Waals surface area contributed by atoms with Crippen LogP contribution in [-0.2, 0) is 27.2 Å². The van der Waals surface area contributed by atoms with E-state index in [2.05, 4.69) is 10.6 Å². The Bertz CT molecular complexity index is 954. The second-order valence-electron chi connectivity index (χ2n) is 9.08. The van der Waals surface area contributed by atoms with Gasteiger partial charge in [-0.3, -0.25) is 9.59 Å². The van der Waals surface area contributed by atoms with Crippen molar-refractivity contribution >= 4 is 17.8 Å². The molecule has 2 rings (SSSR count). The second kappa shape index (κ2) is 13.6. The minimum absolute atomic E-state index is 0.00171. The lowest BCUT2D eigenvalue weighted by atomic mass is 9.98. The number of hydrogen-bond acceptors (Lipinski definition) is 6. The van der Waals surface area contributed by atoms with Crippen molar-refractivity contribution in [1.82, 2.24) is 10.6 Å². The largest absolute Gasteiger partial charge is 0.479 e. The van der Waals surface area contributed by atoms with Crippen LogP contribution in [0.4, 0.5) is 0 Å². The predicted octanol–water partition coefficient (Wildman–Crippen LogP) is 0.621. The molecule has 0 fully saturated rings. The van der Waals surface area contributed by atoms with Gasteiger partial charge in [0.15, 0.2) is 6.10 Å². The molecule has 2 aromatic carbocycles. The molecule has 7 N–H and O–H groups in total. The molecule has 0 bridgehead atoms. The maximum atomic E-state index is 13.1. The molecule has 0 aliphatic rings. The van der Waals surface area contributed by atoms with Crippen molar-refractivity contribution in [3.8, 4) is 0 Å². The van der Waals surface area contributed by atoms with E-state index in [1.165, 1.54) is 0 Å². The van der Waals surface area contributed by atoms with Gasteiger partial charge in [-0.15, -0.1) is 0 Å². The Kier molecular flexibility index (Phi) is 10.8. The maximum Gasteiger partial charge on any atom is 0.334 e. The van der Waals surface area contributed by atoms with Crippen LogP contribution in [0.3, 0.4) is 0 Å². The Morgan fingerprint density at radius 2 is 1.31 bits per heavy atom. The lowest BCUT2D eigenvalue weighted by molar-refractivity contribution is -0.149. The summed E-state index contributed by atoms with van der Waals surface area (Å²) in [7, 11) is 0. The second-order valence-corrected chi connectivity index (χ2v) is 9.08. The van der Waals surface area contributed by atoms with Crippen LogP contribution in [-0.4, -0.2) is 63.4 Å². The van der Waals surface area contributed by atoms with Crippen LogP contribution >= 0.6 is 0 Å². The molecule has 9 nitrogen and oxygen atoms in total. The summed E-state index contributed by atoms with van der Waals surface area (Å²) in [6.45, 7) is 3.72. The summed E-state index contributed by atoms with van der Waals surface area (Å²) in [5.74, 6) is -2.93. The molecular formula is C26H35N3O6. The molecule has 0 aliphatic carbocycles. The molecule has 0 spiro atoms. The number of nitrogens with one attached hydrogen (secondary N) is 2. The van der Waals surface area contributed by atoms with Crippen LogP contribution < -0.4 is 16.4 Å². The quantitative estimate of drug-likeness (QED) is 0.242. The van der Waals surface area contributed by atoms with E-state index in [9.17, 15) is 29.7 Å². The predicted molar refractivity (Wildman–Crippen MR) is 131 cm³/mol. The van der Waals surface area contributed by atoms with Gasteiger partial charge in [0.05, 0.1) is 6.04 Å². The summed E-state index contributed by atoms with van der Waals surface area (Å²) in [5.41, 5.74) is 7.62. The molecule has 0 unspecified atom stereocenters. The van der Waals surface area contributed by atoms with E-state index in [4.69, 9.17) is 5.73 Å². The minimum Gasteiger partial charge on any atom is -0.479 e. The third-order valence-electron chi connectivity index (χ3n) is 5.59. The van der Waals surface area contributed by atoms with Crippen LogP contribution in [0.2, 0.25) is 0 Å². The summed E-state index contributed by atoms with van der Waals surface area (Å²) in [6.07, 6.45) is -2.82. The van der Waals surface area contributed by atoms with Gasteiger partial charge in [-0.25, -0.2) is 4.79 Å². The zero-order chi connectivity index (χ0) is 26.0. The van der Waals surface area contributed by atoms with Gasteiger partial charge in [0.1, 0.15) is 12.1 Å². The molecule has 35 heavy (non-hydrogen) atoms. The molecule has 190 valence electrons. The summed E-state index contributed by atoms with van der Waals surface area (Å²) < 4.78 is 0. The number of carboxylic acids is 1. The number of carbonyl (C=O) groups excluding carboxylic acids is 2. The Morgan fingerprint density at radius 1 is 0.800 bits per heavy atom. The SMILES string of the molecule is CC(C)C[C@H](NC(=O)[C@@H](O)[C@H](N)Cc1ccccc1)C(=O)N[C@H](Cc1ccccc1)[C@H](O)C(=O)O. The zero-order valence-electron chi connectivity index (χ0n) is 20.0. The number of rotatable bonds is 13. The fraction of sp³-hybridized carbons (Fsp3) is 0.423. The first-order valence-corrected chi connectivity index (χ1v) is 11.6. The first kappa shape index (κ1) is 28.0. The first-order valence-electron chi connectivity index (χ1n) is 11.6. The molecule has 9 heteroatoms. The number of carboxylic acid groups (broad SMARTS) is 1. The van der Waals surface area contributed by atoms with Crippen LogP contribution in [0.25, 0.3) is 0 Å². The van der Waals surface area contributed by atoms with Gasteiger partial charge in [0.25, 0.3) is 5.91 Å². The minimum atomic E-state index is -1.85. The van der Waals surface area contributed by atoms with Gasteiger partial charge in [0.2, 0.25) is 5.91 Å². The summed E-state index contributed by atoms with van der Waals surface area (Å²) in [4.78, 5) is 37.2. The number of carbonyl (C=O) groups is 3. The molecule has 0 radical (unpaired) electrons. The van der Waals surface area contributed by atoms with Crippen LogP contribution in [0.1, 0.15) is 31.4 Å². The van der Waals surface area contributed by atoms with Gasteiger partial charge in [-0.05, 0) is 36.3 Å². The standard InChI is InChI=1S/C26H35N3O6/c1-16(2)13-21(29-25(33)22(30)19(27)14-17-9-5-3-6-10-17)24(32)28-20(23(31)26(34)35)15-18-11-7-4-8-12-18/h3-12,16,19-23,30-31H,13-15,27H2,1-2H3,(H,28,32)(H,29,33)(H,34,35)/t19-,20-,21+,22+,23+/m1/s1. The third-order valence-corrected chi connectivity index (χ3v) is 5.59. The Hall–Kier alpha value is -3.27. The lowest BCUT2D eigenvalue weighted by Gasteiger charge is -2.27. The Morgan fingerprint density at radius 3 is 1.80 bits per heavy atom. The molecule has 0 aliphatic heterocycles. The molecule has 5 atom stereocenters. The van der Waals surface area contributed by atoms with Gasteiger partial charge >= 0.3 is 5.97 Å². The highest BCUT2D eigenvalue weighted by Crippen LogP contribution is 2.11. The highest BCUT2D eigenvalue weighted by Gasteiger charge is 2.32. The van der Waals surface area contributed by atoms with E-state index < -0.39 is 48.1 Å². The fourth-order valence-electron chi connectivity index (χ4n) is 3.72. The number of amides is 2. The third kappa shape index (κ3) is 9.12. The summed E-state index contributed by atoms with van der Waals surface area (Å²) in [5, 5.41) is 35.1. The number of aliphatic hydroxyl groups excluding tert-OH is 2. The van der Waals surface area contributed by atoms with Gasteiger partial charge in [-0.2, -0.15) is 0 Å². The number of nitrogens with two attached hydrogens (primary N) is 1. The molecule has 2 aromatic rings. The van der Waals surface area contributed by atoms with E-state index >= 15 is 0 Å². The van der Waals surface area contributed by atoms with Crippen molar-refractivity contribution in [3.63, 3.8) is 0 Å². The number of hydrogen-bond donors (Lipinski definition) is 6. The fourth-order valence-corrected chi connectivity index (χ4v) is 3.72. The maximum absolute atomic E-state index is 13.1. The van der Waals surface area contributed by atoms with E-state index in [1.807, 2.05) is 44.2 Å². The highest BCUT2D eigenvalue weighted by molar-refractivity contribution is 5.90. The van der Waals surface area contributed by atoms with Crippen molar-refractivity contribution in [2.45, 2.75) is 63.4 Å². The molecule has 0 saturated carbocycles. The monoisotopic (exact) mass is 485 g/mol. The van der Waals surface area contributed by atoms with Crippen molar-refractivity contribution in [1.29, 1.82) is 0 Å². The smallest absolute Gasteiger partial charge is 0.334 e. The molecule has 2 amide bonds. The van der Waals surface area contributed by atoms with Gasteiger partial charge in [0, 0.05) is 6.04 Å². The average molecular weight is 486 g/mol. The topological polar surface area (TPSA) is 162 Å². The van der Waals surface area contributed by atoms with Crippen LogP contribution in [0, 0.1) is 5.92 Å². The van der Waals surface area contributed by atoms with Gasteiger partial charge in [-0.1, -0.05) is 74.5 Å². The van der Waals surface area contributed by atoms with E-state index in [0.29, 0.717) is 0 Å². The van der Waals surface area contributed by atoms with Crippen LogP contribution in [0.15, 0.2) is 60.7 Å². The Balaban J connectivity index is 2.10. The van der Waals surface area contributed by atoms with Crippen LogP contribution in [0.5, 0.6) is 0 Å². The van der Waals surface area contributed by atoms with E-state index in [0.717, 1.165) is 11.1 Å². The average Bonchev–Trinajstić information content (AvgIpc) is 2.83. The molecular weight excluding hydrogens is 450 g/mol. The van der Waals surface area contributed by atoms with Crippen molar-refractivity contribution in [2.24, 2.45) is 11.7 Å². The number of aliphatic carboxylic acids is 1. The van der Waals surface area contributed by atoms with Crippen molar-refractivity contribution in [3.05, 3.63) is 71.8 Å².